The van der Waals surface area contributed by atoms with Gasteiger partial charge in [-0.05, 0) is 49.2 Å². The van der Waals surface area contributed by atoms with Crippen LogP contribution in [0.1, 0.15) is 49.9 Å². The van der Waals surface area contributed by atoms with Crippen molar-refractivity contribution in [2.45, 2.75) is 44.4 Å². The molecule has 4 rings (SSSR count). The molecule has 2 aromatic carbocycles. The molecule has 0 atom stereocenters. The van der Waals surface area contributed by atoms with Crippen molar-refractivity contribution in [3.05, 3.63) is 60.2 Å². The van der Waals surface area contributed by atoms with Crippen LogP contribution in [0.2, 0.25) is 0 Å². The summed E-state index contributed by atoms with van der Waals surface area (Å²) >= 11 is 0. The average Bonchev–Trinajstić information content (AvgIpc) is 3.51. The van der Waals surface area contributed by atoms with Crippen LogP contribution in [-0.2, 0) is 10.0 Å². The Hall–Kier alpha value is -3.50. The van der Waals surface area contributed by atoms with Gasteiger partial charge in [-0.25, -0.2) is 8.42 Å². The smallest absolute Gasteiger partial charge is 0.322 e. The van der Waals surface area contributed by atoms with E-state index in [1.165, 1.54) is 28.6 Å². The number of carbonyl (C=O) groups is 1. The van der Waals surface area contributed by atoms with E-state index in [0.717, 1.165) is 31.1 Å². The zero-order valence-corrected chi connectivity index (χ0v) is 20.5. The van der Waals surface area contributed by atoms with Crippen molar-refractivity contribution in [3.8, 4) is 11.7 Å². The molecule has 2 heterocycles. The van der Waals surface area contributed by atoms with Gasteiger partial charge < -0.3 is 8.83 Å². The average molecular weight is 497 g/mol. The molecular formula is C25H28N4O5S. The molecule has 35 heavy (non-hydrogen) atoms. The molecule has 0 fully saturated rings. The largest absolute Gasteiger partial charge is 0.451 e. The van der Waals surface area contributed by atoms with Crippen molar-refractivity contribution in [1.29, 1.82) is 0 Å². The van der Waals surface area contributed by atoms with Gasteiger partial charge in [-0.1, -0.05) is 50.0 Å². The van der Waals surface area contributed by atoms with Gasteiger partial charge in [0.15, 0.2) is 5.76 Å². The Morgan fingerprint density at radius 1 is 0.943 bits per heavy atom. The molecule has 2 aromatic heterocycles. The minimum absolute atomic E-state index is 0.0903. The first-order valence-electron chi connectivity index (χ1n) is 11.7. The number of fused-ring (bicyclic) bond motifs is 1. The minimum Gasteiger partial charge on any atom is -0.451 e. The van der Waals surface area contributed by atoms with Crippen molar-refractivity contribution < 1.29 is 22.0 Å². The summed E-state index contributed by atoms with van der Waals surface area (Å²) < 4.78 is 39.0. The highest BCUT2D eigenvalue weighted by molar-refractivity contribution is 7.89. The van der Waals surface area contributed by atoms with Crippen LogP contribution in [0, 0.1) is 0 Å². The lowest BCUT2D eigenvalue weighted by Gasteiger charge is -2.22. The first-order valence-corrected chi connectivity index (χ1v) is 13.1. The summed E-state index contributed by atoms with van der Waals surface area (Å²) in [6.45, 7) is 5.01. The van der Waals surface area contributed by atoms with E-state index >= 15 is 0 Å². The molecule has 0 aliphatic carbocycles. The number of aromatic nitrogens is 2. The molecule has 1 N–H and O–H groups in total. The number of hydrogen-bond donors (Lipinski definition) is 1. The van der Waals surface area contributed by atoms with E-state index < -0.39 is 15.9 Å². The zero-order valence-electron chi connectivity index (χ0n) is 19.7. The number of nitrogens with one attached hydrogen (secondary N) is 1. The number of unbranched alkanes of at least 4 members (excludes halogenated alkanes) is 2. The predicted octanol–water partition coefficient (Wildman–Crippen LogP) is 5.33. The summed E-state index contributed by atoms with van der Waals surface area (Å²) in [6.07, 6.45) is 3.41. The summed E-state index contributed by atoms with van der Waals surface area (Å²) in [6, 6.07) is 15.0. The number of para-hydroxylation sites is 1. The highest BCUT2D eigenvalue weighted by atomic mass is 32.2. The van der Waals surface area contributed by atoms with Gasteiger partial charge in [-0.3, -0.25) is 10.1 Å². The molecule has 0 aliphatic rings. The molecule has 0 spiro atoms. The van der Waals surface area contributed by atoms with Crippen LogP contribution < -0.4 is 5.32 Å². The number of rotatable bonds is 11. The molecule has 0 saturated heterocycles. The normalized spacial score (nSPS) is 11.9. The van der Waals surface area contributed by atoms with Crippen molar-refractivity contribution in [2.75, 3.05) is 18.4 Å². The maximum Gasteiger partial charge on any atom is 0.322 e. The summed E-state index contributed by atoms with van der Waals surface area (Å²) in [5.74, 6) is 0.0317. The Morgan fingerprint density at radius 2 is 1.63 bits per heavy atom. The number of furan rings is 1. The second-order valence-electron chi connectivity index (χ2n) is 8.15. The zero-order chi connectivity index (χ0) is 24.8. The second-order valence-corrected chi connectivity index (χ2v) is 10.1. The molecule has 184 valence electrons. The molecule has 4 aromatic rings. The van der Waals surface area contributed by atoms with E-state index in [9.17, 15) is 13.2 Å². The number of nitrogens with zero attached hydrogens (tertiary/aromatic N) is 3. The van der Waals surface area contributed by atoms with Crippen LogP contribution in [0.15, 0.2) is 68.3 Å². The maximum absolute atomic E-state index is 13.1. The lowest BCUT2D eigenvalue weighted by atomic mass is 10.2. The maximum atomic E-state index is 13.1. The fourth-order valence-electron chi connectivity index (χ4n) is 3.58. The third-order valence-electron chi connectivity index (χ3n) is 5.56. The molecule has 0 unspecified atom stereocenters. The Kier molecular flexibility index (Phi) is 7.62. The highest BCUT2D eigenvalue weighted by Crippen LogP contribution is 2.27. The number of amides is 1. The minimum atomic E-state index is -3.64. The summed E-state index contributed by atoms with van der Waals surface area (Å²) in [5, 5.41) is 11.2. The van der Waals surface area contributed by atoms with E-state index in [0.29, 0.717) is 24.4 Å². The fraction of sp³-hybridized carbons (Fsp3) is 0.320. The molecule has 9 nitrogen and oxygen atoms in total. The number of carbonyl (C=O) groups excluding carboxylic acids is 1. The molecule has 0 aliphatic heterocycles. The molecule has 0 saturated carbocycles. The van der Waals surface area contributed by atoms with Crippen LogP contribution in [0.5, 0.6) is 0 Å². The van der Waals surface area contributed by atoms with E-state index in [1.54, 1.807) is 6.07 Å². The van der Waals surface area contributed by atoms with Crippen molar-refractivity contribution in [3.63, 3.8) is 0 Å². The lowest BCUT2D eigenvalue weighted by Crippen LogP contribution is -2.33. The van der Waals surface area contributed by atoms with Crippen LogP contribution in [0.25, 0.3) is 22.6 Å². The summed E-state index contributed by atoms with van der Waals surface area (Å²) in [7, 11) is -3.64. The van der Waals surface area contributed by atoms with E-state index in [2.05, 4.69) is 15.5 Å². The highest BCUT2D eigenvalue weighted by Gasteiger charge is 2.24. The fourth-order valence-corrected chi connectivity index (χ4v) is 5.10. The van der Waals surface area contributed by atoms with Crippen molar-refractivity contribution in [2.24, 2.45) is 0 Å². The third kappa shape index (κ3) is 5.60. The Bertz CT molecular complexity index is 1350. The molecule has 0 bridgehead atoms. The van der Waals surface area contributed by atoms with Crippen molar-refractivity contribution in [1.82, 2.24) is 14.5 Å². The van der Waals surface area contributed by atoms with Gasteiger partial charge in [-0.15, -0.1) is 5.10 Å². The number of benzene rings is 2. The Balaban J connectivity index is 1.45. The SMILES string of the molecule is CCCCN(CCCC)S(=O)(=O)c1ccc(C(=O)Nc2nnc(-c3cc4ccccc4o3)o2)cc1. The number of anilines is 1. The first kappa shape index (κ1) is 24.6. The standard InChI is InChI=1S/C25H28N4O5S/c1-3-5-15-29(16-6-4-2)35(31,32)20-13-11-18(12-14-20)23(30)26-25-28-27-24(34-25)22-17-19-9-7-8-10-21(19)33-22/h7-14,17H,3-6,15-16H2,1-2H3,(H,26,28,30). The topological polar surface area (TPSA) is 119 Å². The number of hydrogen-bond acceptors (Lipinski definition) is 7. The van der Waals surface area contributed by atoms with Crippen LogP contribution in [0.3, 0.4) is 0 Å². The third-order valence-corrected chi connectivity index (χ3v) is 7.47. The van der Waals surface area contributed by atoms with Gasteiger partial charge in [0.05, 0.1) is 4.90 Å². The lowest BCUT2D eigenvalue weighted by molar-refractivity contribution is 0.102. The van der Waals surface area contributed by atoms with Gasteiger partial charge in [0.1, 0.15) is 5.58 Å². The Labute approximate surface area is 204 Å². The summed E-state index contributed by atoms with van der Waals surface area (Å²) in [5.41, 5.74) is 0.949. The molecule has 10 heteroatoms. The first-order chi connectivity index (χ1) is 16.9. The Morgan fingerprint density at radius 3 is 2.29 bits per heavy atom. The van der Waals surface area contributed by atoms with Gasteiger partial charge in [0.2, 0.25) is 10.0 Å². The van der Waals surface area contributed by atoms with Crippen LogP contribution in [-0.4, -0.2) is 41.9 Å². The van der Waals surface area contributed by atoms with E-state index in [1.807, 2.05) is 38.1 Å². The quantitative estimate of drug-likeness (QED) is 0.298. The van der Waals surface area contributed by atoms with Gasteiger partial charge in [0, 0.05) is 24.0 Å². The molecular weight excluding hydrogens is 468 g/mol. The summed E-state index contributed by atoms with van der Waals surface area (Å²) in [4.78, 5) is 12.8. The molecule has 0 radical (unpaired) electrons. The van der Waals surface area contributed by atoms with Crippen molar-refractivity contribution >= 4 is 32.9 Å². The number of sulfonamides is 1. The van der Waals surface area contributed by atoms with Crippen LogP contribution in [0.4, 0.5) is 6.01 Å². The monoisotopic (exact) mass is 496 g/mol. The van der Waals surface area contributed by atoms with Gasteiger partial charge in [0.25, 0.3) is 11.8 Å². The van der Waals surface area contributed by atoms with Gasteiger partial charge in [-0.2, -0.15) is 4.31 Å². The van der Waals surface area contributed by atoms with Crippen LogP contribution >= 0.6 is 0 Å². The second kappa shape index (κ2) is 10.8. The van der Waals surface area contributed by atoms with E-state index in [4.69, 9.17) is 8.83 Å². The van der Waals surface area contributed by atoms with Gasteiger partial charge >= 0.3 is 6.01 Å². The van der Waals surface area contributed by atoms with E-state index in [-0.39, 0.29) is 22.4 Å². The molecule has 1 amide bonds. The predicted molar refractivity (Wildman–Crippen MR) is 132 cm³/mol.